The van der Waals surface area contributed by atoms with Crippen molar-refractivity contribution in [1.82, 2.24) is 14.9 Å². The van der Waals surface area contributed by atoms with E-state index in [2.05, 4.69) is 27.3 Å². The normalized spacial score (nSPS) is 14.9. The molecule has 0 saturated carbocycles. The first-order valence-corrected chi connectivity index (χ1v) is 12.7. The second kappa shape index (κ2) is 10.6. The number of aromatic amines is 2. The van der Waals surface area contributed by atoms with E-state index in [0.717, 1.165) is 73.5 Å². The molecule has 1 saturated heterocycles. The molecule has 0 atom stereocenters. The van der Waals surface area contributed by atoms with Crippen LogP contribution in [0.1, 0.15) is 63.4 Å². The molecule has 7 heteroatoms. The number of ether oxygens (including phenoxy) is 2. The van der Waals surface area contributed by atoms with Crippen molar-refractivity contribution in [2.24, 2.45) is 0 Å². The predicted molar refractivity (Wildman–Crippen MR) is 141 cm³/mol. The molecular weight excluding hydrogens is 454 g/mol. The molecule has 1 aliphatic rings. The van der Waals surface area contributed by atoms with Crippen molar-refractivity contribution >= 4 is 33.7 Å². The number of aromatic nitrogens is 2. The molecular formula is C29H33N3O4. The summed E-state index contributed by atoms with van der Waals surface area (Å²) in [5.41, 5.74) is 5.86. The lowest BCUT2D eigenvalue weighted by Crippen LogP contribution is -2.33. The quantitative estimate of drug-likeness (QED) is 0.256. The zero-order valence-corrected chi connectivity index (χ0v) is 20.9. The van der Waals surface area contributed by atoms with Gasteiger partial charge >= 0.3 is 11.9 Å². The number of esters is 2. The molecule has 7 nitrogen and oxygen atoms in total. The third kappa shape index (κ3) is 4.88. The maximum atomic E-state index is 12.0. The standard InChI is InChI=1S/C29H33N3O4/c1-35-28(33)20-6-8-26-23(15-20)22(17-30-26)5-3-4-12-32-13-10-19(11-14-32)25-18-31-27-9-7-21(16-24(25)27)29(34)36-2/h6-9,15-19,30-31H,3-5,10-14H2,1-2H3. The monoisotopic (exact) mass is 487 g/mol. The van der Waals surface area contributed by atoms with Crippen LogP contribution in [0.5, 0.6) is 0 Å². The van der Waals surface area contributed by atoms with E-state index < -0.39 is 0 Å². The molecule has 0 aliphatic carbocycles. The molecule has 3 heterocycles. The summed E-state index contributed by atoms with van der Waals surface area (Å²) in [6.07, 6.45) is 9.64. The van der Waals surface area contributed by atoms with Crippen molar-refractivity contribution < 1.29 is 19.1 Å². The molecule has 36 heavy (non-hydrogen) atoms. The SMILES string of the molecule is COC(=O)c1ccc2[nH]cc(CCCCN3CCC(c4c[nH]c5ccc(C(=O)OC)cc45)CC3)c2c1. The van der Waals surface area contributed by atoms with Gasteiger partial charge in [-0.05, 0) is 105 Å². The number of carbonyl (C=O) groups is 2. The first-order valence-electron chi connectivity index (χ1n) is 12.7. The van der Waals surface area contributed by atoms with Gasteiger partial charge in [-0.3, -0.25) is 0 Å². The second-order valence-electron chi connectivity index (χ2n) is 9.63. The molecule has 0 unspecified atom stereocenters. The highest BCUT2D eigenvalue weighted by atomic mass is 16.5. The van der Waals surface area contributed by atoms with Crippen LogP contribution in [-0.2, 0) is 15.9 Å². The summed E-state index contributed by atoms with van der Waals surface area (Å²) in [6.45, 7) is 3.27. The van der Waals surface area contributed by atoms with Gasteiger partial charge in [-0.1, -0.05) is 0 Å². The summed E-state index contributed by atoms with van der Waals surface area (Å²) >= 11 is 0. The average molecular weight is 488 g/mol. The predicted octanol–water partition coefficient (Wildman–Crippen LogP) is 5.42. The number of benzene rings is 2. The number of fused-ring (bicyclic) bond motifs is 2. The lowest BCUT2D eigenvalue weighted by Gasteiger charge is -2.32. The largest absolute Gasteiger partial charge is 0.465 e. The van der Waals surface area contributed by atoms with E-state index >= 15 is 0 Å². The van der Waals surface area contributed by atoms with Gasteiger partial charge < -0.3 is 24.3 Å². The third-order valence-electron chi connectivity index (χ3n) is 7.52. The van der Waals surface area contributed by atoms with E-state index in [1.807, 2.05) is 30.3 Å². The summed E-state index contributed by atoms with van der Waals surface area (Å²) in [7, 11) is 2.83. The van der Waals surface area contributed by atoms with Crippen molar-refractivity contribution in [3.8, 4) is 0 Å². The number of H-pyrrole nitrogens is 2. The van der Waals surface area contributed by atoms with Gasteiger partial charge in [0.25, 0.3) is 0 Å². The van der Waals surface area contributed by atoms with Crippen molar-refractivity contribution in [3.63, 3.8) is 0 Å². The topological polar surface area (TPSA) is 87.4 Å². The number of methoxy groups -OCH3 is 2. The van der Waals surface area contributed by atoms with E-state index in [1.54, 1.807) is 6.07 Å². The van der Waals surface area contributed by atoms with Crippen molar-refractivity contribution in [2.75, 3.05) is 33.9 Å². The lowest BCUT2D eigenvalue weighted by atomic mass is 9.88. The van der Waals surface area contributed by atoms with Crippen LogP contribution in [0, 0.1) is 0 Å². The Hall–Kier alpha value is -3.58. The number of unbranched alkanes of at least 4 members (excludes halogenated alkanes) is 1. The molecule has 0 spiro atoms. The van der Waals surface area contributed by atoms with Gasteiger partial charge in [0, 0.05) is 34.2 Å². The summed E-state index contributed by atoms with van der Waals surface area (Å²) in [5, 5.41) is 2.23. The molecule has 0 bridgehead atoms. The van der Waals surface area contributed by atoms with Crippen molar-refractivity contribution in [1.29, 1.82) is 0 Å². The van der Waals surface area contributed by atoms with Crippen LogP contribution < -0.4 is 0 Å². The number of nitrogens with one attached hydrogen (secondary N) is 2. The third-order valence-corrected chi connectivity index (χ3v) is 7.52. The van der Waals surface area contributed by atoms with Gasteiger partial charge in [0.15, 0.2) is 0 Å². The van der Waals surface area contributed by atoms with Crippen molar-refractivity contribution in [3.05, 3.63) is 71.0 Å². The zero-order chi connectivity index (χ0) is 25.1. The van der Waals surface area contributed by atoms with Crippen LogP contribution in [0.2, 0.25) is 0 Å². The Morgan fingerprint density at radius 3 is 2.14 bits per heavy atom. The Morgan fingerprint density at radius 1 is 0.861 bits per heavy atom. The average Bonchev–Trinajstić information content (AvgIpc) is 3.54. The minimum absolute atomic E-state index is 0.296. The Balaban J connectivity index is 1.13. The van der Waals surface area contributed by atoms with Gasteiger partial charge in [-0.2, -0.15) is 0 Å². The summed E-state index contributed by atoms with van der Waals surface area (Å²) in [6, 6.07) is 11.4. The number of rotatable bonds is 8. The number of piperidine rings is 1. The summed E-state index contributed by atoms with van der Waals surface area (Å²) < 4.78 is 9.76. The molecule has 5 rings (SSSR count). The van der Waals surface area contributed by atoms with E-state index in [-0.39, 0.29) is 11.9 Å². The number of likely N-dealkylation sites (tertiary alicyclic amines) is 1. The first kappa shape index (κ1) is 24.1. The van der Waals surface area contributed by atoms with Gasteiger partial charge in [0.1, 0.15) is 0 Å². The number of hydrogen-bond acceptors (Lipinski definition) is 5. The van der Waals surface area contributed by atoms with E-state index in [0.29, 0.717) is 17.0 Å². The minimum Gasteiger partial charge on any atom is -0.465 e. The van der Waals surface area contributed by atoms with E-state index in [9.17, 15) is 9.59 Å². The maximum absolute atomic E-state index is 12.0. The molecule has 188 valence electrons. The molecule has 2 aromatic carbocycles. The second-order valence-corrected chi connectivity index (χ2v) is 9.63. The number of nitrogens with zero attached hydrogens (tertiary/aromatic N) is 1. The molecule has 0 amide bonds. The number of carbonyl (C=O) groups excluding carboxylic acids is 2. The highest BCUT2D eigenvalue weighted by Crippen LogP contribution is 2.34. The lowest BCUT2D eigenvalue weighted by molar-refractivity contribution is 0.0592. The number of hydrogen-bond donors (Lipinski definition) is 2. The van der Waals surface area contributed by atoms with Crippen LogP contribution >= 0.6 is 0 Å². The van der Waals surface area contributed by atoms with Crippen LogP contribution in [0.3, 0.4) is 0 Å². The Labute approximate surface area is 210 Å². The highest BCUT2D eigenvalue weighted by Gasteiger charge is 2.23. The molecule has 1 fully saturated rings. The summed E-state index contributed by atoms with van der Waals surface area (Å²) in [5.74, 6) is -0.0995. The molecule has 1 aliphatic heterocycles. The van der Waals surface area contributed by atoms with E-state index in [4.69, 9.17) is 9.47 Å². The molecule has 0 radical (unpaired) electrons. The van der Waals surface area contributed by atoms with Crippen LogP contribution in [0.4, 0.5) is 0 Å². The Morgan fingerprint density at radius 2 is 1.47 bits per heavy atom. The Kier molecular flexibility index (Phi) is 7.09. The van der Waals surface area contributed by atoms with Crippen LogP contribution in [0.25, 0.3) is 21.8 Å². The van der Waals surface area contributed by atoms with Gasteiger partial charge in [0.2, 0.25) is 0 Å². The first-order chi connectivity index (χ1) is 17.6. The fourth-order valence-electron chi connectivity index (χ4n) is 5.47. The minimum atomic E-state index is -0.302. The van der Waals surface area contributed by atoms with Crippen LogP contribution in [-0.4, -0.2) is 60.7 Å². The van der Waals surface area contributed by atoms with Gasteiger partial charge in [-0.15, -0.1) is 0 Å². The van der Waals surface area contributed by atoms with Gasteiger partial charge in [-0.25, -0.2) is 9.59 Å². The Bertz CT molecular complexity index is 1380. The highest BCUT2D eigenvalue weighted by molar-refractivity contribution is 5.96. The zero-order valence-electron chi connectivity index (χ0n) is 20.9. The molecule has 4 aromatic rings. The fraction of sp³-hybridized carbons (Fsp3) is 0.379. The molecule has 2 N–H and O–H groups in total. The summed E-state index contributed by atoms with van der Waals surface area (Å²) in [4.78, 5) is 33.1. The molecule has 2 aromatic heterocycles. The fourth-order valence-corrected chi connectivity index (χ4v) is 5.47. The van der Waals surface area contributed by atoms with Crippen LogP contribution in [0.15, 0.2) is 48.8 Å². The van der Waals surface area contributed by atoms with E-state index in [1.165, 1.54) is 25.3 Å². The number of aryl methyl sites for hydroxylation is 1. The van der Waals surface area contributed by atoms with Crippen molar-refractivity contribution in [2.45, 2.75) is 38.0 Å². The smallest absolute Gasteiger partial charge is 0.337 e. The maximum Gasteiger partial charge on any atom is 0.337 e. The van der Waals surface area contributed by atoms with Gasteiger partial charge in [0.05, 0.1) is 25.3 Å².